The third kappa shape index (κ3) is 3.41. The molecular formula is C19H26N2O2. The molecule has 0 radical (unpaired) electrons. The lowest BCUT2D eigenvalue weighted by Gasteiger charge is -2.36. The molecule has 0 atom stereocenters. The minimum Gasteiger partial charge on any atom is -0.356 e. The predicted molar refractivity (Wildman–Crippen MR) is 91.2 cm³/mol. The quantitative estimate of drug-likeness (QED) is 0.875. The molecule has 0 heterocycles. The van der Waals surface area contributed by atoms with Crippen molar-refractivity contribution >= 4 is 17.5 Å². The van der Waals surface area contributed by atoms with Gasteiger partial charge >= 0.3 is 0 Å². The third-order valence-corrected chi connectivity index (χ3v) is 5.13. The van der Waals surface area contributed by atoms with Crippen LogP contribution in [0.5, 0.6) is 0 Å². The minimum absolute atomic E-state index is 0.119. The fraction of sp³-hybridized carbons (Fsp3) is 0.579. The van der Waals surface area contributed by atoms with Crippen LogP contribution in [0.15, 0.2) is 24.3 Å². The maximum Gasteiger partial charge on any atom is 0.230 e. The lowest BCUT2D eigenvalue weighted by Crippen LogP contribution is -2.45. The van der Waals surface area contributed by atoms with Crippen molar-refractivity contribution in [1.82, 2.24) is 5.32 Å². The molecule has 2 fully saturated rings. The van der Waals surface area contributed by atoms with E-state index in [0.29, 0.717) is 6.54 Å². The average Bonchev–Trinajstić information content (AvgIpc) is 3.41. The Labute approximate surface area is 138 Å². The van der Waals surface area contributed by atoms with Crippen LogP contribution in [0.4, 0.5) is 5.69 Å². The molecule has 2 amide bonds. The van der Waals surface area contributed by atoms with Gasteiger partial charge in [-0.25, -0.2) is 0 Å². The van der Waals surface area contributed by atoms with Gasteiger partial charge in [-0.1, -0.05) is 31.4 Å². The van der Waals surface area contributed by atoms with Gasteiger partial charge in [-0.2, -0.15) is 0 Å². The van der Waals surface area contributed by atoms with Gasteiger partial charge in [0.25, 0.3) is 0 Å². The number of likely N-dealkylation sites (N-methyl/N-ethyl adjacent to an activating group) is 1. The van der Waals surface area contributed by atoms with Gasteiger partial charge < -0.3 is 10.6 Å². The molecule has 124 valence electrons. The van der Waals surface area contributed by atoms with Crippen molar-refractivity contribution in [1.29, 1.82) is 0 Å². The first-order valence-corrected chi connectivity index (χ1v) is 8.85. The molecule has 0 unspecified atom stereocenters. The number of carbonyl (C=O) groups excluding carboxylic acids is 2. The zero-order valence-corrected chi connectivity index (χ0v) is 13.9. The van der Waals surface area contributed by atoms with Crippen LogP contribution in [-0.2, 0) is 15.0 Å². The number of amides is 2. The van der Waals surface area contributed by atoms with E-state index < -0.39 is 5.41 Å². The molecule has 0 bridgehead atoms. The van der Waals surface area contributed by atoms with Crippen LogP contribution in [0.2, 0.25) is 0 Å². The van der Waals surface area contributed by atoms with Crippen LogP contribution in [0.1, 0.15) is 57.4 Å². The number of hydrogen-bond acceptors (Lipinski definition) is 2. The monoisotopic (exact) mass is 314 g/mol. The summed E-state index contributed by atoms with van der Waals surface area (Å²) in [5.74, 6) is 0.470. The number of nitrogens with one attached hydrogen (secondary N) is 2. The number of rotatable bonds is 5. The topological polar surface area (TPSA) is 58.2 Å². The van der Waals surface area contributed by atoms with Crippen molar-refractivity contribution in [2.24, 2.45) is 5.92 Å². The van der Waals surface area contributed by atoms with Crippen LogP contribution >= 0.6 is 0 Å². The summed E-state index contributed by atoms with van der Waals surface area (Å²) in [6.45, 7) is 2.63. The Balaban J connectivity index is 1.78. The molecule has 2 aliphatic rings. The maximum absolute atomic E-state index is 12.7. The Bertz CT molecular complexity index is 570. The van der Waals surface area contributed by atoms with Crippen molar-refractivity contribution in [3.8, 4) is 0 Å². The van der Waals surface area contributed by atoms with E-state index in [2.05, 4.69) is 10.6 Å². The van der Waals surface area contributed by atoms with E-state index in [4.69, 9.17) is 0 Å². The highest BCUT2D eigenvalue weighted by molar-refractivity contribution is 5.94. The smallest absolute Gasteiger partial charge is 0.230 e. The molecule has 3 rings (SSSR count). The first kappa shape index (κ1) is 16.0. The van der Waals surface area contributed by atoms with E-state index in [9.17, 15) is 9.59 Å². The van der Waals surface area contributed by atoms with Gasteiger partial charge in [0.1, 0.15) is 0 Å². The highest BCUT2D eigenvalue weighted by atomic mass is 16.2. The molecule has 0 aliphatic heterocycles. The highest BCUT2D eigenvalue weighted by Gasteiger charge is 2.40. The maximum atomic E-state index is 12.7. The highest BCUT2D eigenvalue weighted by Crippen LogP contribution is 2.40. The Morgan fingerprint density at radius 2 is 1.74 bits per heavy atom. The summed E-state index contributed by atoms with van der Waals surface area (Å²) in [5, 5.41) is 5.98. The SMILES string of the molecule is CCNC(=O)C1(c2ccc(NC(=O)C3CC3)cc2)CCCCC1. The lowest BCUT2D eigenvalue weighted by atomic mass is 9.68. The minimum atomic E-state index is -0.396. The van der Waals surface area contributed by atoms with Gasteiger partial charge in [-0.05, 0) is 50.3 Å². The number of anilines is 1. The van der Waals surface area contributed by atoms with E-state index in [-0.39, 0.29) is 17.7 Å². The van der Waals surface area contributed by atoms with Crippen molar-refractivity contribution < 1.29 is 9.59 Å². The molecule has 0 saturated heterocycles. The second-order valence-corrected chi connectivity index (χ2v) is 6.84. The molecule has 2 N–H and O–H groups in total. The normalized spacial score (nSPS) is 19.9. The van der Waals surface area contributed by atoms with Gasteiger partial charge in [-0.3, -0.25) is 9.59 Å². The van der Waals surface area contributed by atoms with E-state index in [1.54, 1.807) is 0 Å². The molecule has 4 heteroatoms. The van der Waals surface area contributed by atoms with E-state index in [1.165, 1.54) is 6.42 Å². The van der Waals surface area contributed by atoms with Crippen molar-refractivity contribution in [2.75, 3.05) is 11.9 Å². The second-order valence-electron chi connectivity index (χ2n) is 6.84. The van der Waals surface area contributed by atoms with Gasteiger partial charge in [0.2, 0.25) is 11.8 Å². The van der Waals surface area contributed by atoms with E-state index in [1.807, 2.05) is 31.2 Å². The summed E-state index contributed by atoms with van der Waals surface area (Å²) in [4.78, 5) is 24.5. The second kappa shape index (κ2) is 6.73. The standard InChI is InChI=1S/C19H26N2O2/c1-2-20-18(23)19(12-4-3-5-13-19)15-8-10-16(11-9-15)21-17(22)14-6-7-14/h8-11,14H,2-7,12-13H2,1H3,(H,20,23)(H,21,22). The van der Waals surface area contributed by atoms with E-state index >= 15 is 0 Å². The van der Waals surface area contributed by atoms with Crippen molar-refractivity contribution in [2.45, 2.75) is 57.3 Å². The number of hydrogen-bond donors (Lipinski definition) is 2. The number of carbonyl (C=O) groups is 2. The van der Waals surface area contributed by atoms with E-state index in [0.717, 1.165) is 49.8 Å². The zero-order chi connectivity index (χ0) is 16.3. The van der Waals surface area contributed by atoms with Gasteiger partial charge in [0, 0.05) is 18.2 Å². The molecular weight excluding hydrogens is 288 g/mol. The summed E-state index contributed by atoms with van der Waals surface area (Å²) in [6, 6.07) is 7.91. The van der Waals surface area contributed by atoms with Crippen LogP contribution in [0, 0.1) is 5.92 Å². The Morgan fingerprint density at radius 1 is 1.09 bits per heavy atom. The van der Waals surface area contributed by atoms with Crippen LogP contribution in [-0.4, -0.2) is 18.4 Å². The fourth-order valence-corrected chi connectivity index (χ4v) is 3.59. The lowest BCUT2D eigenvalue weighted by molar-refractivity contribution is -0.128. The third-order valence-electron chi connectivity index (χ3n) is 5.13. The molecule has 1 aromatic carbocycles. The first-order valence-electron chi connectivity index (χ1n) is 8.85. The van der Waals surface area contributed by atoms with Gasteiger partial charge in [-0.15, -0.1) is 0 Å². The zero-order valence-electron chi connectivity index (χ0n) is 13.9. The molecule has 1 aromatic rings. The molecule has 0 aromatic heterocycles. The van der Waals surface area contributed by atoms with Gasteiger partial charge in [0.05, 0.1) is 5.41 Å². The van der Waals surface area contributed by atoms with Crippen LogP contribution < -0.4 is 10.6 Å². The summed E-state index contributed by atoms with van der Waals surface area (Å²) < 4.78 is 0. The van der Waals surface area contributed by atoms with Gasteiger partial charge in [0.15, 0.2) is 0 Å². The molecule has 23 heavy (non-hydrogen) atoms. The van der Waals surface area contributed by atoms with Crippen molar-refractivity contribution in [3.63, 3.8) is 0 Å². The Morgan fingerprint density at radius 3 is 2.30 bits per heavy atom. The average molecular weight is 314 g/mol. The Hall–Kier alpha value is -1.84. The molecule has 2 aliphatic carbocycles. The summed E-state index contributed by atoms with van der Waals surface area (Å²) in [6.07, 6.45) is 7.22. The fourth-order valence-electron chi connectivity index (χ4n) is 3.59. The number of benzene rings is 1. The summed E-state index contributed by atoms with van der Waals surface area (Å²) in [7, 11) is 0. The first-order chi connectivity index (χ1) is 11.2. The summed E-state index contributed by atoms with van der Waals surface area (Å²) in [5.41, 5.74) is 1.51. The summed E-state index contributed by atoms with van der Waals surface area (Å²) >= 11 is 0. The van der Waals surface area contributed by atoms with Crippen LogP contribution in [0.3, 0.4) is 0 Å². The molecule has 4 nitrogen and oxygen atoms in total. The Kier molecular flexibility index (Phi) is 4.69. The largest absolute Gasteiger partial charge is 0.356 e. The molecule has 0 spiro atoms. The van der Waals surface area contributed by atoms with Crippen molar-refractivity contribution in [3.05, 3.63) is 29.8 Å². The van der Waals surface area contributed by atoms with Crippen LogP contribution in [0.25, 0.3) is 0 Å². The predicted octanol–water partition coefficient (Wildman–Crippen LogP) is 3.37. The molecule has 2 saturated carbocycles.